The Morgan fingerprint density at radius 1 is 1.17 bits per heavy atom. The SMILES string of the molecule is COC1CC(OC2Cc3ccc(C(C)=O)cc3C2)OC(C)C1OC. The van der Waals surface area contributed by atoms with E-state index in [1.54, 1.807) is 21.1 Å². The van der Waals surface area contributed by atoms with Crippen molar-refractivity contribution in [1.29, 1.82) is 0 Å². The van der Waals surface area contributed by atoms with E-state index in [9.17, 15) is 4.79 Å². The quantitative estimate of drug-likeness (QED) is 0.775. The average molecular weight is 334 g/mol. The van der Waals surface area contributed by atoms with Crippen molar-refractivity contribution < 1.29 is 23.7 Å². The molecule has 3 rings (SSSR count). The summed E-state index contributed by atoms with van der Waals surface area (Å²) in [7, 11) is 3.37. The fourth-order valence-corrected chi connectivity index (χ4v) is 3.77. The van der Waals surface area contributed by atoms with Gasteiger partial charge in [-0.3, -0.25) is 4.79 Å². The van der Waals surface area contributed by atoms with Crippen LogP contribution in [0.15, 0.2) is 18.2 Å². The molecule has 0 N–H and O–H groups in total. The van der Waals surface area contributed by atoms with Crippen molar-refractivity contribution in [2.75, 3.05) is 14.2 Å². The van der Waals surface area contributed by atoms with Gasteiger partial charge in [-0.2, -0.15) is 0 Å². The molecule has 1 fully saturated rings. The lowest BCUT2D eigenvalue weighted by atomic mass is 10.0. The fraction of sp³-hybridized carbons (Fsp3) is 0.632. The van der Waals surface area contributed by atoms with Crippen LogP contribution in [0, 0.1) is 0 Å². The molecule has 1 heterocycles. The van der Waals surface area contributed by atoms with Crippen LogP contribution in [-0.2, 0) is 31.8 Å². The van der Waals surface area contributed by atoms with Gasteiger partial charge in [0.15, 0.2) is 12.1 Å². The molecule has 1 aliphatic heterocycles. The van der Waals surface area contributed by atoms with Crippen LogP contribution in [0.2, 0.25) is 0 Å². The molecule has 5 unspecified atom stereocenters. The molecule has 1 aromatic rings. The maximum Gasteiger partial charge on any atom is 0.161 e. The molecule has 5 nitrogen and oxygen atoms in total. The standard InChI is InChI=1S/C19H26O5/c1-11(20)13-5-6-14-8-16(9-15(14)7-13)24-18-10-17(21-3)19(22-4)12(2)23-18/h5-7,12,16-19H,8-10H2,1-4H3. The first-order valence-electron chi connectivity index (χ1n) is 8.51. The van der Waals surface area contributed by atoms with Gasteiger partial charge in [0, 0.05) is 26.2 Å². The third-order valence-corrected chi connectivity index (χ3v) is 5.05. The number of methoxy groups -OCH3 is 2. The number of hydrogen-bond donors (Lipinski definition) is 0. The molecule has 1 saturated heterocycles. The number of ketones is 1. The van der Waals surface area contributed by atoms with Crippen LogP contribution in [0.4, 0.5) is 0 Å². The molecule has 2 aliphatic rings. The highest BCUT2D eigenvalue weighted by Crippen LogP contribution is 2.30. The van der Waals surface area contributed by atoms with Gasteiger partial charge < -0.3 is 18.9 Å². The molecule has 0 spiro atoms. The summed E-state index contributed by atoms with van der Waals surface area (Å²) in [5, 5.41) is 0. The minimum atomic E-state index is -0.289. The smallest absolute Gasteiger partial charge is 0.161 e. The Morgan fingerprint density at radius 3 is 2.58 bits per heavy atom. The highest BCUT2D eigenvalue weighted by molar-refractivity contribution is 5.94. The first-order valence-corrected chi connectivity index (χ1v) is 8.51. The van der Waals surface area contributed by atoms with Gasteiger partial charge in [0.05, 0.1) is 18.3 Å². The minimum absolute atomic E-state index is 0.0307. The molecule has 132 valence electrons. The van der Waals surface area contributed by atoms with Crippen molar-refractivity contribution in [1.82, 2.24) is 0 Å². The summed E-state index contributed by atoms with van der Waals surface area (Å²) in [6, 6.07) is 5.93. The zero-order chi connectivity index (χ0) is 17.3. The van der Waals surface area contributed by atoms with Crippen LogP contribution in [0.25, 0.3) is 0 Å². The molecule has 1 aliphatic carbocycles. The number of rotatable bonds is 5. The summed E-state index contributed by atoms with van der Waals surface area (Å²) in [4.78, 5) is 11.5. The Kier molecular flexibility index (Phi) is 5.35. The summed E-state index contributed by atoms with van der Waals surface area (Å²) in [5.74, 6) is 0.0974. The monoisotopic (exact) mass is 334 g/mol. The Bertz CT molecular complexity index is 599. The summed E-state index contributed by atoms with van der Waals surface area (Å²) in [6.45, 7) is 3.58. The van der Waals surface area contributed by atoms with Gasteiger partial charge in [0.25, 0.3) is 0 Å². The summed E-state index contributed by atoms with van der Waals surface area (Å²) >= 11 is 0. The molecular formula is C19H26O5. The molecule has 0 aromatic heterocycles. The summed E-state index contributed by atoms with van der Waals surface area (Å²) in [6.07, 6.45) is 1.94. The predicted molar refractivity (Wildman–Crippen MR) is 89.3 cm³/mol. The fourth-order valence-electron chi connectivity index (χ4n) is 3.77. The Morgan fingerprint density at radius 2 is 1.92 bits per heavy atom. The molecule has 0 bridgehead atoms. The number of carbonyl (C=O) groups excluding carboxylic acids is 1. The van der Waals surface area contributed by atoms with Crippen molar-refractivity contribution in [3.63, 3.8) is 0 Å². The van der Waals surface area contributed by atoms with E-state index >= 15 is 0 Å². The lowest BCUT2D eigenvalue weighted by Crippen LogP contribution is -2.50. The Labute approximate surface area is 143 Å². The molecule has 5 heteroatoms. The van der Waals surface area contributed by atoms with Crippen LogP contribution in [0.3, 0.4) is 0 Å². The van der Waals surface area contributed by atoms with E-state index in [0.717, 1.165) is 18.4 Å². The number of fused-ring (bicyclic) bond motifs is 1. The van der Waals surface area contributed by atoms with E-state index in [2.05, 4.69) is 0 Å². The van der Waals surface area contributed by atoms with Crippen LogP contribution in [-0.4, -0.2) is 50.7 Å². The zero-order valence-electron chi connectivity index (χ0n) is 14.8. The van der Waals surface area contributed by atoms with Gasteiger partial charge in [0.2, 0.25) is 0 Å². The molecule has 5 atom stereocenters. The van der Waals surface area contributed by atoms with Gasteiger partial charge in [-0.15, -0.1) is 0 Å². The number of ether oxygens (including phenoxy) is 4. The van der Waals surface area contributed by atoms with Crippen molar-refractivity contribution in [2.45, 2.75) is 63.8 Å². The van der Waals surface area contributed by atoms with Crippen molar-refractivity contribution in [3.8, 4) is 0 Å². The molecule has 0 saturated carbocycles. The zero-order valence-corrected chi connectivity index (χ0v) is 14.8. The Hall–Kier alpha value is -1.27. The number of carbonyl (C=O) groups is 1. The molecular weight excluding hydrogens is 308 g/mol. The van der Waals surface area contributed by atoms with E-state index in [1.165, 1.54) is 11.1 Å². The van der Waals surface area contributed by atoms with Gasteiger partial charge in [-0.1, -0.05) is 12.1 Å². The largest absolute Gasteiger partial charge is 0.378 e. The van der Waals surface area contributed by atoms with Crippen LogP contribution >= 0.6 is 0 Å². The number of hydrogen-bond acceptors (Lipinski definition) is 5. The maximum atomic E-state index is 11.5. The van der Waals surface area contributed by atoms with Gasteiger partial charge in [-0.25, -0.2) is 0 Å². The lowest BCUT2D eigenvalue weighted by Gasteiger charge is -2.39. The van der Waals surface area contributed by atoms with Crippen LogP contribution in [0.5, 0.6) is 0 Å². The highest BCUT2D eigenvalue weighted by atomic mass is 16.7. The second kappa shape index (κ2) is 7.31. The Balaban J connectivity index is 1.62. The first kappa shape index (κ1) is 17.5. The number of benzene rings is 1. The molecule has 1 aromatic carbocycles. The summed E-state index contributed by atoms with van der Waals surface area (Å²) < 4.78 is 23.2. The first-order chi connectivity index (χ1) is 11.5. The van der Waals surface area contributed by atoms with Gasteiger partial charge in [0.1, 0.15) is 6.10 Å². The van der Waals surface area contributed by atoms with Gasteiger partial charge >= 0.3 is 0 Å². The van der Waals surface area contributed by atoms with E-state index < -0.39 is 0 Å². The minimum Gasteiger partial charge on any atom is -0.378 e. The highest BCUT2D eigenvalue weighted by Gasteiger charge is 2.39. The maximum absolute atomic E-state index is 11.5. The second-order valence-electron chi connectivity index (χ2n) is 6.69. The second-order valence-corrected chi connectivity index (χ2v) is 6.69. The van der Waals surface area contributed by atoms with Crippen molar-refractivity contribution in [2.24, 2.45) is 0 Å². The van der Waals surface area contributed by atoms with Gasteiger partial charge in [-0.05, 0) is 43.9 Å². The summed E-state index contributed by atoms with van der Waals surface area (Å²) in [5.41, 5.74) is 3.22. The predicted octanol–water partition coefficient (Wildman–Crippen LogP) is 2.54. The van der Waals surface area contributed by atoms with E-state index in [4.69, 9.17) is 18.9 Å². The molecule has 24 heavy (non-hydrogen) atoms. The lowest BCUT2D eigenvalue weighted by molar-refractivity contribution is -0.265. The van der Waals surface area contributed by atoms with Crippen LogP contribution in [0.1, 0.15) is 41.8 Å². The van der Waals surface area contributed by atoms with Crippen molar-refractivity contribution >= 4 is 5.78 Å². The number of Topliss-reactive ketones (excluding diaryl/α,β-unsaturated/α-hetero) is 1. The van der Waals surface area contributed by atoms with E-state index in [1.807, 2.05) is 25.1 Å². The molecule has 0 amide bonds. The topological polar surface area (TPSA) is 54.0 Å². The average Bonchev–Trinajstić information content (AvgIpc) is 2.95. The third kappa shape index (κ3) is 3.54. The molecule has 0 radical (unpaired) electrons. The van der Waals surface area contributed by atoms with Crippen molar-refractivity contribution in [3.05, 3.63) is 34.9 Å². The normalized spacial score (nSPS) is 32.6. The van der Waals surface area contributed by atoms with E-state index in [0.29, 0.717) is 6.42 Å². The van der Waals surface area contributed by atoms with E-state index in [-0.39, 0.29) is 36.5 Å². The van der Waals surface area contributed by atoms with Crippen LogP contribution < -0.4 is 0 Å². The third-order valence-electron chi connectivity index (χ3n) is 5.05.